The third-order valence-electron chi connectivity index (χ3n) is 6.70. The van der Waals surface area contributed by atoms with Gasteiger partial charge in [-0.2, -0.15) is 0 Å². The third-order valence-corrected chi connectivity index (χ3v) is 6.70. The lowest BCUT2D eigenvalue weighted by molar-refractivity contribution is -0.149. The minimum absolute atomic E-state index is 0.0150. The van der Waals surface area contributed by atoms with Gasteiger partial charge in [0.1, 0.15) is 6.04 Å². The molecule has 3 aliphatic heterocycles. The SMILES string of the molecule is CC(C)C[C@H]1COCCCCCC2(CCNCC2)C(=O)N2CCC[C@H]2C(=O)N1. The van der Waals surface area contributed by atoms with Crippen molar-refractivity contribution in [3.63, 3.8) is 0 Å². The maximum atomic E-state index is 13.7. The van der Waals surface area contributed by atoms with Crippen LogP contribution in [0.5, 0.6) is 0 Å². The molecular formula is C22H39N3O3. The molecule has 0 aromatic heterocycles. The van der Waals surface area contributed by atoms with Crippen molar-refractivity contribution >= 4 is 11.8 Å². The number of amides is 2. The smallest absolute Gasteiger partial charge is 0.243 e. The molecule has 28 heavy (non-hydrogen) atoms. The number of nitrogens with one attached hydrogen (secondary N) is 2. The molecule has 6 nitrogen and oxygen atoms in total. The van der Waals surface area contributed by atoms with Gasteiger partial charge in [-0.05, 0) is 64.0 Å². The number of ether oxygens (including phenoxy) is 1. The summed E-state index contributed by atoms with van der Waals surface area (Å²) in [5.74, 6) is 0.744. The Morgan fingerprint density at radius 2 is 1.89 bits per heavy atom. The zero-order valence-electron chi connectivity index (χ0n) is 17.8. The first-order chi connectivity index (χ1) is 13.5. The first kappa shape index (κ1) is 21.6. The number of hydrogen-bond acceptors (Lipinski definition) is 4. The molecule has 3 aliphatic rings. The normalized spacial score (nSPS) is 30.2. The van der Waals surface area contributed by atoms with E-state index in [0.29, 0.717) is 12.5 Å². The Labute approximate surface area is 170 Å². The van der Waals surface area contributed by atoms with E-state index in [1.54, 1.807) is 0 Å². The summed E-state index contributed by atoms with van der Waals surface area (Å²) < 4.78 is 5.90. The minimum Gasteiger partial charge on any atom is -0.379 e. The van der Waals surface area contributed by atoms with Gasteiger partial charge in [0.25, 0.3) is 0 Å². The van der Waals surface area contributed by atoms with Crippen molar-refractivity contribution in [1.29, 1.82) is 0 Å². The third kappa shape index (κ3) is 5.26. The lowest BCUT2D eigenvalue weighted by atomic mass is 9.73. The second-order valence-corrected chi connectivity index (χ2v) is 9.41. The van der Waals surface area contributed by atoms with Crippen LogP contribution in [-0.2, 0) is 14.3 Å². The monoisotopic (exact) mass is 393 g/mol. The molecule has 6 heteroatoms. The molecule has 1 spiro atoms. The second kappa shape index (κ2) is 10.1. The fourth-order valence-corrected chi connectivity index (χ4v) is 5.17. The van der Waals surface area contributed by atoms with Crippen LogP contribution >= 0.6 is 0 Å². The summed E-state index contributed by atoms with van der Waals surface area (Å²) in [6, 6.07) is -0.280. The van der Waals surface area contributed by atoms with Gasteiger partial charge in [0.05, 0.1) is 18.1 Å². The van der Waals surface area contributed by atoms with Gasteiger partial charge < -0.3 is 20.3 Å². The number of nitrogens with zero attached hydrogens (tertiary/aromatic N) is 1. The number of carbonyl (C=O) groups is 2. The van der Waals surface area contributed by atoms with E-state index in [2.05, 4.69) is 24.5 Å². The first-order valence-electron chi connectivity index (χ1n) is 11.4. The van der Waals surface area contributed by atoms with Crippen LogP contribution in [0.3, 0.4) is 0 Å². The quantitative estimate of drug-likeness (QED) is 0.756. The molecule has 2 amide bonds. The Balaban J connectivity index is 1.78. The highest BCUT2D eigenvalue weighted by atomic mass is 16.5. The summed E-state index contributed by atoms with van der Waals surface area (Å²) in [5.41, 5.74) is -0.281. The second-order valence-electron chi connectivity index (χ2n) is 9.41. The molecule has 3 fully saturated rings. The predicted molar refractivity (Wildman–Crippen MR) is 110 cm³/mol. The molecule has 0 radical (unpaired) electrons. The Kier molecular flexibility index (Phi) is 7.75. The summed E-state index contributed by atoms with van der Waals surface area (Å²) in [7, 11) is 0. The Morgan fingerprint density at radius 1 is 1.11 bits per heavy atom. The van der Waals surface area contributed by atoms with E-state index in [0.717, 1.165) is 84.0 Å². The van der Waals surface area contributed by atoms with Crippen LogP contribution in [0.25, 0.3) is 0 Å². The number of carbonyl (C=O) groups excluding carboxylic acids is 2. The van der Waals surface area contributed by atoms with Crippen LogP contribution in [0.1, 0.15) is 71.6 Å². The van der Waals surface area contributed by atoms with Crippen LogP contribution in [0, 0.1) is 11.3 Å². The van der Waals surface area contributed by atoms with Crippen LogP contribution < -0.4 is 10.6 Å². The summed E-state index contributed by atoms with van der Waals surface area (Å²) in [6.45, 7) is 8.17. The van der Waals surface area contributed by atoms with E-state index in [-0.39, 0.29) is 29.3 Å². The van der Waals surface area contributed by atoms with Crippen molar-refractivity contribution < 1.29 is 14.3 Å². The van der Waals surface area contributed by atoms with E-state index < -0.39 is 0 Å². The molecule has 0 aromatic carbocycles. The van der Waals surface area contributed by atoms with E-state index >= 15 is 0 Å². The molecule has 0 aliphatic carbocycles. The van der Waals surface area contributed by atoms with Gasteiger partial charge >= 0.3 is 0 Å². The first-order valence-corrected chi connectivity index (χ1v) is 11.4. The van der Waals surface area contributed by atoms with Crippen LogP contribution in [0.4, 0.5) is 0 Å². The molecular weight excluding hydrogens is 354 g/mol. The summed E-state index contributed by atoms with van der Waals surface area (Å²) in [4.78, 5) is 28.7. The Bertz CT molecular complexity index is 531. The maximum absolute atomic E-state index is 13.7. The molecule has 2 atom stereocenters. The van der Waals surface area contributed by atoms with Gasteiger partial charge in [-0.15, -0.1) is 0 Å². The molecule has 3 rings (SSSR count). The fraction of sp³-hybridized carbons (Fsp3) is 0.909. The topological polar surface area (TPSA) is 70.7 Å². The van der Waals surface area contributed by atoms with E-state index in [1.807, 2.05) is 4.90 Å². The van der Waals surface area contributed by atoms with Gasteiger partial charge in [0.15, 0.2) is 0 Å². The van der Waals surface area contributed by atoms with Crippen molar-refractivity contribution in [1.82, 2.24) is 15.5 Å². The van der Waals surface area contributed by atoms with Crippen molar-refractivity contribution in [3.8, 4) is 0 Å². The summed E-state index contributed by atoms with van der Waals surface area (Å²) in [5, 5.41) is 6.62. The molecule has 2 N–H and O–H groups in total. The lowest BCUT2D eigenvalue weighted by Crippen LogP contribution is -2.55. The van der Waals surface area contributed by atoms with Gasteiger partial charge in [-0.3, -0.25) is 9.59 Å². The summed E-state index contributed by atoms with van der Waals surface area (Å²) in [6.07, 6.45) is 8.52. The molecule has 0 aromatic rings. The van der Waals surface area contributed by atoms with E-state index in [4.69, 9.17) is 4.74 Å². The highest BCUT2D eigenvalue weighted by molar-refractivity contribution is 5.91. The van der Waals surface area contributed by atoms with Crippen molar-refractivity contribution in [2.75, 3.05) is 32.8 Å². The van der Waals surface area contributed by atoms with Crippen LogP contribution in [0.2, 0.25) is 0 Å². The lowest BCUT2D eigenvalue weighted by Gasteiger charge is -2.41. The standard InChI is InChI=1S/C22H39N3O3/c1-17(2)15-18-16-28-14-5-3-4-8-22(9-11-23-12-10-22)21(27)25-13-6-7-19(25)20(26)24-18/h17-19,23H,3-16H2,1-2H3,(H,24,26)/t18-,19-/m0/s1. The molecule has 3 heterocycles. The fourth-order valence-electron chi connectivity index (χ4n) is 5.17. The van der Waals surface area contributed by atoms with Gasteiger partial charge in [-0.25, -0.2) is 0 Å². The zero-order chi connectivity index (χ0) is 20.0. The average Bonchev–Trinajstić information content (AvgIpc) is 3.16. The molecule has 160 valence electrons. The maximum Gasteiger partial charge on any atom is 0.243 e. The highest BCUT2D eigenvalue weighted by Crippen LogP contribution is 2.39. The van der Waals surface area contributed by atoms with E-state index in [1.165, 1.54) is 0 Å². The number of hydrogen-bond donors (Lipinski definition) is 2. The molecule has 3 saturated heterocycles. The Hall–Kier alpha value is -1.14. The number of piperidine rings is 1. The average molecular weight is 394 g/mol. The summed E-state index contributed by atoms with van der Waals surface area (Å²) >= 11 is 0. The molecule has 0 bridgehead atoms. The Morgan fingerprint density at radius 3 is 2.64 bits per heavy atom. The van der Waals surface area contributed by atoms with Gasteiger partial charge in [0, 0.05) is 13.2 Å². The van der Waals surface area contributed by atoms with Gasteiger partial charge in [-0.1, -0.05) is 26.7 Å². The zero-order valence-corrected chi connectivity index (χ0v) is 17.8. The predicted octanol–water partition coefficient (Wildman–Crippen LogP) is 2.47. The van der Waals surface area contributed by atoms with Crippen molar-refractivity contribution in [3.05, 3.63) is 0 Å². The molecule has 0 saturated carbocycles. The highest BCUT2D eigenvalue weighted by Gasteiger charge is 2.46. The molecule has 0 unspecified atom stereocenters. The van der Waals surface area contributed by atoms with Crippen LogP contribution in [0.15, 0.2) is 0 Å². The van der Waals surface area contributed by atoms with E-state index in [9.17, 15) is 9.59 Å². The minimum atomic E-state index is -0.308. The van der Waals surface area contributed by atoms with Crippen LogP contribution in [-0.4, -0.2) is 61.6 Å². The number of rotatable bonds is 2. The van der Waals surface area contributed by atoms with Crippen molar-refractivity contribution in [2.24, 2.45) is 11.3 Å². The van der Waals surface area contributed by atoms with Crippen molar-refractivity contribution in [2.45, 2.75) is 83.7 Å². The largest absolute Gasteiger partial charge is 0.379 e. The number of fused-ring (bicyclic) bond motifs is 1. The van der Waals surface area contributed by atoms with Gasteiger partial charge in [0.2, 0.25) is 11.8 Å².